The zero-order valence-electron chi connectivity index (χ0n) is 15.6. The quantitative estimate of drug-likeness (QED) is 0.599. The molecular formula is C21H28N2O3. The first-order valence-electron chi connectivity index (χ1n) is 9.13. The fourth-order valence-corrected chi connectivity index (χ4v) is 3.87. The van der Waals surface area contributed by atoms with Crippen molar-refractivity contribution in [3.05, 3.63) is 53.1 Å². The average molecular weight is 356 g/mol. The van der Waals surface area contributed by atoms with Gasteiger partial charge in [-0.05, 0) is 61.1 Å². The average Bonchev–Trinajstić information content (AvgIpc) is 2.64. The zero-order valence-corrected chi connectivity index (χ0v) is 15.6. The fraction of sp³-hybridized carbons (Fsp3) is 0.429. The fourth-order valence-electron chi connectivity index (χ4n) is 3.87. The number of methoxy groups -OCH3 is 1. The standard InChI is InChI=1S/C21H28N2O3/c1-13(12-14-4-6-15(26-3)7-5-14)23-18-10-8-16-17(21(18)25)9-11-19(24)20(16)22-2/h4-7,9,11,13,18,21-25H,8,10,12H2,1-3H3. The number of benzene rings is 2. The van der Waals surface area contributed by atoms with Crippen LogP contribution in [0, 0.1) is 0 Å². The highest BCUT2D eigenvalue weighted by molar-refractivity contribution is 5.64. The number of aromatic hydroxyl groups is 1. The van der Waals surface area contributed by atoms with Gasteiger partial charge in [0.05, 0.1) is 18.9 Å². The highest BCUT2D eigenvalue weighted by Crippen LogP contribution is 2.39. The lowest BCUT2D eigenvalue weighted by Crippen LogP contribution is -2.44. The predicted molar refractivity (Wildman–Crippen MR) is 104 cm³/mol. The first kappa shape index (κ1) is 18.5. The van der Waals surface area contributed by atoms with E-state index in [0.29, 0.717) is 0 Å². The van der Waals surface area contributed by atoms with Gasteiger partial charge >= 0.3 is 0 Å². The highest BCUT2D eigenvalue weighted by Gasteiger charge is 2.30. The van der Waals surface area contributed by atoms with E-state index in [-0.39, 0.29) is 17.8 Å². The Morgan fingerprint density at radius 2 is 1.92 bits per heavy atom. The van der Waals surface area contributed by atoms with E-state index in [1.165, 1.54) is 5.56 Å². The molecule has 2 aromatic rings. The molecule has 0 radical (unpaired) electrons. The lowest BCUT2D eigenvalue weighted by molar-refractivity contribution is 0.109. The Labute approximate surface area is 155 Å². The summed E-state index contributed by atoms with van der Waals surface area (Å²) in [6.45, 7) is 2.14. The van der Waals surface area contributed by atoms with Gasteiger partial charge in [0, 0.05) is 19.1 Å². The smallest absolute Gasteiger partial charge is 0.138 e. The van der Waals surface area contributed by atoms with Gasteiger partial charge in [0.2, 0.25) is 0 Å². The van der Waals surface area contributed by atoms with Crippen LogP contribution in [-0.2, 0) is 12.8 Å². The van der Waals surface area contributed by atoms with Gasteiger partial charge in [-0.3, -0.25) is 0 Å². The molecule has 5 nitrogen and oxygen atoms in total. The summed E-state index contributed by atoms with van der Waals surface area (Å²) in [5.41, 5.74) is 3.87. The van der Waals surface area contributed by atoms with Crippen LogP contribution in [0.15, 0.2) is 36.4 Å². The molecule has 1 aliphatic rings. The minimum Gasteiger partial charge on any atom is -0.506 e. The largest absolute Gasteiger partial charge is 0.506 e. The second-order valence-corrected chi connectivity index (χ2v) is 6.99. The Bertz CT molecular complexity index is 746. The molecule has 5 heteroatoms. The van der Waals surface area contributed by atoms with Gasteiger partial charge in [-0.1, -0.05) is 18.2 Å². The maximum atomic E-state index is 10.8. The van der Waals surface area contributed by atoms with Crippen molar-refractivity contribution in [1.82, 2.24) is 5.32 Å². The van der Waals surface area contributed by atoms with Crippen LogP contribution in [0.4, 0.5) is 5.69 Å². The summed E-state index contributed by atoms with van der Waals surface area (Å²) in [6, 6.07) is 11.8. The molecule has 2 aromatic carbocycles. The third-order valence-electron chi connectivity index (χ3n) is 5.18. The molecule has 0 spiro atoms. The summed E-state index contributed by atoms with van der Waals surface area (Å²) < 4.78 is 5.20. The Balaban J connectivity index is 1.67. The Morgan fingerprint density at radius 3 is 2.58 bits per heavy atom. The van der Waals surface area contributed by atoms with Crippen molar-refractivity contribution in [1.29, 1.82) is 0 Å². The van der Waals surface area contributed by atoms with Gasteiger partial charge in [0.1, 0.15) is 11.5 Å². The zero-order chi connectivity index (χ0) is 18.7. The number of aliphatic hydroxyl groups is 1. The SMILES string of the molecule is CNc1c(O)ccc2c1CCC(NC(C)Cc1ccc(OC)cc1)C2O. The summed E-state index contributed by atoms with van der Waals surface area (Å²) in [6.07, 6.45) is 1.96. The summed E-state index contributed by atoms with van der Waals surface area (Å²) >= 11 is 0. The number of hydrogen-bond acceptors (Lipinski definition) is 5. The van der Waals surface area contributed by atoms with Gasteiger partial charge < -0.3 is 25.6 Å². The third kappa shape index (κ3) is 3.79. The van der Waals surface area contributed by atoms with Crippen molar-refractivity contribution in [3.63, 3.8) is 0 Å². The number of hydrogen-bond donors (Lipinski definition) is 4. The molecule has 0 heterocycles. The molecule has 0 amide bonds. The van der Waals surface area contributed by atoms with E-state index >= 15 is 0 Å². The van der Waals surface area contributed by atoms with Crippen molar-refractivity contribution in [2.75, 3.05) is 19.5 Å². The molecule has 140 valence electrons. The molecule has 3 atom stereocenters. The highest BCUT2D eigenvalue weighted by atomic mass is 16.5. The van der Waals surface area contributed by atoms with E-state index in [1.54, 1.807) is 20.2 Å². The van der Waals surface area contributed by atoms with Crippen molar-refractivity contribution < 1.29 is 14.9 Å². The first-order valence-corrected chi connectivity index (χ1v) is 9.13. The minimum atomic E-state index is -0.579. The van der Waals surface area contributed by atoms with Crippen LogP contribution < -0.4 is 15.4 Å². The van der Waals surface area contributed by atoms with Crippen LogP contribution in [0.2, 0.25) is 0 Å². The molecule has 26 heavy (non-hydrogen) atoms. The topological polar surface area (TPSA) is 73.8 Å². The lowest BCUT2D eigenvalue weighted by Gasteiger charge is -2.34. The van der Waals surface area contributed by atoms with Crippen molar-refractivity contribution in [2.24, 2.45) is 0 Å². The molecule has 0 bridgehead atoms. The second kappa shape index (κ2) is 7.98. The third-order valence-corrected chi connectivity index (χ3v) is 5.18. The summed E-state index contributed by atoms with van der Waals surface area (Å²) in [7, 11) is 3.46. The van der Waals surface area contributed by atoms with Gasteiger partial charge in [0.25, 0.3) is 0 Å². The predicted octanol–water partition coefficient (Wildman–Crippen LogP) is 3.01. The van der Waals surface area contributed by atoms with Gasteiger partial charge in [0.15, 0.2) is 0 Å². The summed E-state index contributed by atoms with van der Waals surface area (Å²) in [5.74, 6) is 1.09. The van der Waals surface area contributed by atoms with Crippen LogP contribution in [0.25, 0.3) is 0 Å². The van der Waals surface area contributed by atoms with Crippen molar-refractivity contribution in [2.45, 2.75) is 44.4 Å². The number of phenolic OH excluding ortho intramolecular Hbond substituents is 1. The monoisotopic (exact) mass is 356 g/mol. The molecule has 1 aliphatic carbocycles. The van der Waals surface area contributed by atoms with Crippen molar-refractivity contribution in [3.8, 4) is 11.5 Å². The molecule has 0 aromatic heterocycles. The Hall–Kier alpha value is -2.24. The molecule has 0 saturated carbocycles. The molecule has 4 N–H and O–H groups in total. The number of fused-ring (bicyclic) bond motifs is 1. The van der Waals surface area contributed by atoms with Crippen LogP contribution >= 0.6 is 0 Å². The van der Waals surface area contributed by atoms with Crippen LogP contribution in [-0.4, -0.2) is 36.5 Å². The van der Waals surface area contributed by atoms with Crippen LogP contribution in [0.5, 0.6) is 11.5 Å². The van der Waals surface area contributed by atoms with Gasteiger partial charge in [-0.25, -0.2) is 0 Å². The van der Waals surface area contributed by atoms with E-state index in [4.69, 9.17) is 4.74 Å². The van der Waals surface area contributed by atoms with E-state index in [9.17, 15) is 10.2 Å². The number of phenols is 1. The number of nitrogens with one attached hydrogen (secondary N) is 2. The molecule has 3 unspecified atom stereocenters. The van der Waals surface area contributed by atoms with Crippen LogP contribution in [0.1, 0.15) is 36.1 Å². The number of anilines is 1. The molecule has 0 aliphatic heterocycles. The van der Waals surface area contributed by atoms with E-state index in [2.05, 4.69) is 29.7 Å². The molecule has 0 fully saturated rings. The molecular weight excluding hydrogens is 328 g/mol. The van der Waals surface area contributed by atoms with Crippen LogP contribution in [0.3, 0.4) is 0 Å². The second-order valence-electron chi connectivity index (χ2n) is 6.99. The van der Waals surface area contributed by atoms with Gasteiger partial charge in [-0.15, -0.1) is 0 Å². The minimum absolute atomic E-state index is 0.00463. The number of rotatable bonds is 6. The summed E-state index contributed by atoms with van der Waals surface area (Å²) in [5, 5.41) is 27.4. The van der Waals surface area contributed by atoms with E-state index in [1.807, 2.05) is 18.2 Å². The normalized spacial score (nSPS) is 20.3. The van der Waals surface area contributed by atoms with E-state index in [0.717, 1.165) is 41.8 Å². The summed E-state index contributed by atoms with van der Waals surface area (Å²) in [4.78, 5) is 0. The lowest BCUT2D eigenvalue weighted by atomic mass is 9.84. The molecule has 3 rings (SSSR count). The maximum Gasteiger partial charge on any atom is 0.138 e. The van der Waals surface area contributed by atoms with E-state index < -0.39 is 6.10 Å². The maximum absolute atomic E-state index is 10.8. The van der Waals surface area contributed by atoms with Gasteiger partial charge in [-0.2, -0.15) is 0 Å². The first-order chi connectivity index (χ1) is 12.5. The number of ether oxygens (including phenoxy) is 1. The Morgan fingerprint density at radius 1 is 1.19 bits per heavy atom. The Kier molecular flexibility index (Phi) is 5.69. The number of aliphatic hydroxyl groups excluding tert-OH is 1. The van der Waals surface area contributed by atoms with Crippen molar-refractivity contribution >= 4 is 5.69 Å². The molecule has 0 saturated heterocycles.